The smallest absolute Gasteiger partial charge is 0.0632 e. The molecule has 0 N–H and O–H groups in total. The molecule has 0 rings (SSSR count). The summed E-state index contributed by atoms with van der Waals surface area (Å²) in [6.45, 7) is 0. The molecule has 0 aromatic rings. The summed E-state index contributed by atoms with van der Waals surface area (Å²) < 4.78 is 0. The fourth-order valence-corrected chi connectivity index (χ4v) is 0.112. The van der Waals surface area contributed by atoms with Crippen molar-refractivity contribution in [2.45, 2.75) is 12.8 Å². The lowest BCUT2D eigenvalue weighted by Crippen LogP contribution is -1.58. The molecule has 0 amide bonds. The zero-order chi connectivity index (χ0) is 4.83. The second-order valence-electron chi connectivity index (χ2n) is 0.816. The van der Waals surface area contributed by atoms with Crippen molar-refractivity contribution >= 4 is 0 Å². The summed E-state index contributed by atoms with van der Waals surface area (Å²) in [5, 5.41) is 15.6. The van der Waals surface area contributed by atoms with Gasteiger partial charge >= 0.3 is 0 Å². The summed E-state index contributed by atoms with van der Waals surface area (Å²) in [7, 11) is 0. The van der Waals surface area contributed by atoms with Crippen LogP contribution in [0.1, 0.15) is 12.8 Å². The van der Waals surface area contributed by atoms with Crippen LogP contribution in [-0.4, -0.2) is 0 Å². The van der Waals surface area contributed by atoms with Gasteiger partial charge in [-0.3, -0.25) is 0 Å². The first-order valence-electron chi connectivity index (χ1n) is 1.65. The van der Waals surface area contributed by atoms with Crippen LogP contribution < -0.4 is 0 Å². The van der Waals surface area contributed by atoms with Crippen molar-refractivity contribution in [2.75, 3.05) is 0 Å². The van der Waals surface area contributed by atoms with E-state index in [0.717, 1.165) is 0 Å². The molecule has 2 heteroatoms. The van der Waals surface area contributed by atoms with Crippen molar-refractivity contribution in [2.24, 2.45) is 0 Å². The number of hydrogen-bond donors (Lipinski definition) is 0. The Morgan fingerprint density at radius 3 is 1.50 bits per heavy atom. The molecule has 0 aliphatic rings. The molecular weight excluding hydrogens is 80.0 g/mol. The van der Waals surface area contributed by atoms with Gasteiger partial charge in [-0.1, -0.05) is 0 Å². The molecule has 0 aromatic heterocycles. The minimum Gasteiger partial charge on any atom is -0.198 e. The number of nitriles is 2. The number of hydrogen-bond acceptors (Lipinski definition) is 2. The van der Waals surface area contributed by atoms with E-state index in [1.165, 1.54) is 0 Å². The van der Waals surface area contributed by atoms with Gasteiger partial charge in [-0.05, 0) is 0 Å². The average molecular weight is 84.1 g/mol. The van der Waals surface area contributed by atoms with E-state index in [4.69, 9.17) is 10.5 Å². The van der Waals surface area contributed by atoms with Crippen LogP contribution in [0.2, 0.25) is 0 Å². The summed E-state index contributed by atoms with van der Waals surface area (Å²) >= 11 is 0. The van der Waals surface area contributed by atoms with Crippen LogP contribution in [0.25, 0.3) is 0 Å². The lowest BCUT2D eigenvalue weighted by atomic mass is 11.3. The van der Waals surface area contributed by atoms with Gasteiger partial charge in [-0.25, -0.2) is 0 Å². The standard InChI is InChI=1S/C4H4N2/c5-3-1-2-4-6/h1-2H2/i1+1,2+1,3+1,4+1. The molecule has 0 unspecified atom stereocenters. The highest BCUT2D eigenvalue weighted by molar-refractivity contribution is 4.78. The average Bonchev–Trinajstić information content (AvgIpc) is 1.61. The monoisotopic (exact) mass is 84.1 g/mol. The van der Waals surface area contributed by atoms with Crippen molar-refractivity contribution in [3.8, 4) is 12.1 Å². The summed E-state index contributed by atoms with van der Waals surface area (Å²) in [6, 6.07) is 3.69. The Morgan fingerprint density at radius 1 is 1.00 bits per heavy atom. The first-order chi connectivity index (χ1) is 2.91. The van der Waals surface area contributed by atoms with Crippen molar-refractivity contribution in [3.05, 3.63) is 0 Å². The molecule has 0 bridgehead atoms. The molecule has 0 heterocycles. The molecule has 0 radical (unpaired) electrons. The number of unbranched alkanes of at least 4 members (excludes halogenated alkanes) is 1. The van der Waals surface area contributed by atoms with Gasteiger partial charge in [-0.2, -0.15) is 10.5 Å². The molecule has 0 aliphatic heterocycles. The second-order valence-corrected chi connectivity index (χ2v) is 0.816. The van der Waals surface area contributed by atoms with Gasteiger partial charge in [0.2, 0.25) is 0 Å². The molecule has 0 atom stereocenters. The molecule has 30 valence electrons. The summed E-state index contributed by atoms with van der Waals surface area (Å²) in [5.41, 5.74) is 0. The van der Waals surface area contributed by atoms with E-state index in [0.29, 0.717) is 12.8 Å². The van der Waals surface area contributed by atoms with Crippen LogP contribution in [0.5, 0.6) is 0 Å². The fourth-order valence-electron chi connectivity index (χ4n) is 0.112. The van der Waals surface area contributed by atoms with E-state index in [9.17, 15) is 0 Å². The topological polar surface area (TPSA) is 47.6 Å². The van der Waals surface area contributed by atoms with Gasteiger partial charge in [0.15, 0.2) is 0 Å². The van der Waals surface area contributed by atoms with Gasteiger partial charge in [0.1, 0.15) is 0 Å². The highest BCUT2D eigenvalue weighted by Crippen LogP contribution is 1.78. The third-order valence-electron chi connectivity index (χ3n) is 0.349. The van der Waals surface area contributed by atoms with Gasteiger partial charge < -0.3 is 0 Å². The molecule has 0 fully saturated rings. The Kier molecular flexibility index (Phi) is 3.30. The lowest BCUT2D eigenvalue weighted by molar-refractivity contribution is 1.07. The van der Waals surface area contributed by atoms with Crippen molar-refractivity contribution < 1.29 is 0 Å². The molecule has 0 aliphatic carbocycles. The van der Waals surface area contributed by atoms with Gasteiger partial charge in [0.25, 0.3) is 0 Å². The molecule has 0 spiro atoms. The van der Waals surface area contributed by atoms with Gasteiger partial charge in [0, 0.05) is 12.8 Å². The van der Waals surface area contributed by atoms with E-state index >= 15 is 0 Å². The van der Waals surface area contributed by atoms with Crippen LogP contribution in [0.15, 0.2) is 0 Å². The molecule has 2 nitrogen and oxygen atoms in total. The summed E-state index contributed by atoms with van der Waals surface area (Å²) in [5.74, 6) is 0. The van der Waals surface area contributed by atoms with Gasteiger partial charge in [0.05, 0.1) is 12.1 Å². The Bertz CT molecular complexity index is 79.1. The third kappa shape index (κ3) is 2.98. The van der Waals surface area contributed by atoms with Crippen LogP contribution in [-0.2, 0) is 0 Å². The molecule has 6 heavy (non-hydrogen) atoms. The predicted octanol–water partition coefficient (Wildman–Crippen LogP) is 0.814. The summed E-state index contributed by atoms with van der Waals surface area (Å²) in [4.78, 5) is 0. The highest BCUT2D eigenvalue weighted by atomic mass is 14.8. The lowest BCUT2D eigenvalue weighted by Gasteiger charge is -1.63. The van der Waals surface area contributed by atoms with E-state index in [2.05, 4.69) is 0 Å². The Labute approximate surface area is 36.6 Å². The molecule has 0 saturated heterocycles. The van der Waals surface area contributed by atoms with Crippen molar-refractivity contribution in [1.29, 1.82) is 10.5 Å². The van der Waals surface area contributed by atoms with Crippen LogP contribution in [0.4, 0.5) is 0 Å². The largest absolute Gasteiger partial charge is 0.198 e. The Morgan fingerprint density at radius 2 is 1.33 bits per heavy atom. The SMILES string of the molecule is N#[13C][13CH2][13CH2][13C]#N. The third-order valence-corrected chi connectivity index (χ3v) is 0.349. The van der Waals surface area contributed by atoms with E-state index in [-0.39, 0.29) is 0 Å². The minimum atomic E-state index is 0.358. The second kappa shape index (κ2) is 3.98. The molecule has 0 aromatic carbocycles. The molecular formula is C4H4N2. The quantitative estimate of drug-likeness (QED) is 0.348. The van der Waals surface area contributed by atoms with E-state index in [1.54, 1.807) is 0 Å². The maximum atomic E-state index is 7.80. The molecule has 0 saturated carbocycles. The van der Waals surface area contributed by atoms with Crippen molar-refractivity contribution in [1.82, 2.24) is 0 Å². The number of rotatable bonds is 1. The normalized spacial score (nSPS) is 5.67. The van der Waals surface area contributed by atoms with Crippen molar-refractivity contribution in [3.63, 3.8) is 0 Å². The van der Waals surface area contributed by atoms with E-state index < -0.39 is 0 Å². The first-order valence-corrected chi connectivity index (χ1v) is 1.65. The van der Waals surface area contributed by atoms with E-state index in [1.807, 2.05) is 12.1 Å². The van der Waals surface area contributed by atoms with Gasteiger partial charge in [-0.15, -0.1) is 0 Å². The first kappa shape index (κ1) is 4.98. The maximum Gasteiger partial charge on any atom is 0.0632 e. The zero-order valence-electron chi connectivity index (χ0n) is 3.31. The number of nitrogens with zero attached hydrogens (tertiary/aromatic N) is 2. The Hall–Kier alpha value is -1.02. The Balaban J connectivity index is 2.78. The van der Waals surface area contributed by atoms with Crippen LogP contribution in [0.3, 0.4) is 0 Å². The zero-order valence-corrected chi connectivity index (χ0v) is 3.31. The summed E-state index contributed by atoms with van der Waals surface area (Å²) in [6.07, 6.45) is 0.715. The highest BCUT2D eigenvalue weighted by Gasteiger charge is 1.72. The maximum absolute atomic E-state index is 7.80. The predicted molar refractivity (Wildman–Crippen MR) is 20.5 cm³/mol. The minimum absolute atomic E-state index is 0.358. The van der Waals surface area contributed by atoms with Crippen LogP contribution in [0, 0.1) is 22.7 Å². The fraction of sp³-hybridized carbons (Fsp3) is 0.500. The van der Waals surface area contributed by atoms with Crippen LogP contribution >= 0.6 is 0 Å².